The molecule has 0 atom stereocenters. The molecule has 208 valence electrons. The molecule has 1 saturated carbocycles. The van der Waals surface area contributed by atoms with Crippen LogP contribution in [0, 0.1) is 5.82 Å². The van der Waals surface area contributed by atoms with Gasteiger partial charge in [0.1, 0.15) is 11.4 Å². The summed E-state index contributed by atoms with van der Waals surface area (Å²) in [7, 11) is 1.37. The monoisotopic (exact) mass is 531 g/mol. The van der Waals surface area contributed by atoms with Gasteiger partial charge in [0, 0.05) is 18.1 Å². The number of rotatable bonds is 10. The fourth-order valence-corrected chi connectivity index (χ4v) is 5.17. The third-order valence-electron chi connectivity index (χ3n) is 7.36. The molecule has 1 amide bonds. The minimum absolute atomic E-state index is 0.246. The van der Waals surface area contributed by atoms with Crippen LogP contribution in [0.3, 0.4) is 0 Å². The number of carbonyl (C=O) groups excluding carboxylic acids is 2. The lowest BCUT2D eigenvalue weighted by Crippen LogP contribution is -2.63. The summed E-state index contributed by atoms with van der Waals surface area (Å²) in [5.41, 5.74) is 0.261. The van der Waals surface area contributed by atoms with Crippen LogP contribution >= 0.6 is 0 Å². The predicted molar refractivity (Wildman–Crippen MR) is 138 cm³/mol. The number of esters is 1. The minimum Gasteiger partial charge on any atom is -0.478 e. The zero-order valence-electron chi connectivity index (χ0n) is 22.7. The van der Waals surface area contributed by atoms with E-state index in [0.717, 1.165) is 25.7 Å². The van der Waals surface area contributed by atoms with Crippen molar-refractivity contribution in [3.8, 4) is 5.88 Å². The van der Waals surface area contributed by atoms with Crippen LogP contribution in [0.25, 0.3) is 11.0 Å². The summed E-state index contributed by atoms with van der Waals surface area (Å²) < 4.78 is 37.1. The molecule has 38 heavy (non-hydrogen) atoms. The van der Waals surface area contributed by atoms with E-state index in [2.05, 4.69) is 20.0 Å². The highest BCUT2D eigenvalue weighted by Gasteiger charge is 2.50. The van der Waals surface area contributed by atoms with Crippen molar-refractivity contribution in [3.05, 3.63) is 29.7 Å². The zero-order valence-corrected chi connectivity index (χ0v) is 22.7. The smallest absolute Gasteiger partial charge is 0.408 e. The molecular weight excluding hydrogens is 493 g/mol. The van der Waals surface area contributed by atoms with Crippen molar-refractivity contribution in [3.63, 3.8) is 0 Å². The number of aryl methyl sites for hydroxylation is 1. The molecule has 1 N–H and O–H groups in total. The predicted octanol–water partition coefficient (Wildman–Crippen LogP) is 5.03. The number of methoxy groups -OCH3 is 1. The van der Waals surface area contributed by atoms with Crippen LogP contribution in [0.1, 0.15) is 77.7 Å². The number of ether oxygens (including phenoxy) is 4. The molecule has 3 fully saturated rings. The maximum Gasteiger partial charge on any atom is 0.408 e. The van der Waals surface area contributed by atoms with Crippen LogP contribution < -0.4 is 10.1 Å². The fourth-order valence-electron chi connectivity index (χ4n) is 5.17. The Morgan fingerprint density at radius 1 is 1.16 bits per heavy atom. The SMILES string of the molecule is COC(=O)CCCCOc1ccc2ncc(F)c(CCC34CCC(NC(=O)OC(C)(C)C)(CC3)CO4)c2n1. The van der Waals surface area contributed by atoms with Gasteiger partial charge in [0.05, 0.1) is 48.7 Å². The molecule has 9 nitrogen and oxygen atoms in total. The first-order chi connectivity index (χ1) is 18.0. The Bertz CT molecular complexity index is 1140. The number of pyridine rings is 2. The van der Waals surface area contributed by atoms with Crippen LogP contribution in [-0.4, -0.2) is 59.1 Å². The Labute approximate surface area is 222 Å². The molecule has 0 spiro atoms. The number of hydrogen-bond donors (Lipinski definition) is 1. The number of nitrogens with one attached hydrogen (secondary N) is 1. The van der Waals surface area contributed by atoms with Crippen molar-refractivity contribution in [1.29, 1.82) is 0 Å². The average molecular weight is 532 g/mol. The van der Waals surface area contributed by atoms with Crippen molar-refractivity contribution < 1.29 is 32.9 Å². The van der Waals surface area contributed by atoms with E-state index in [1.165, 1.54) is 13.3 Å². The van der Waals surface area contributed by atoms with Crippen molar-refractivity contribution >= 4 is 23.1 Å². The summed E-state index contributed by atoms with van der Waals surface area (Å²) in [6, 6.07) is 3.50. The maximum absolute atomic E-state index is 15.0. The first kappa shape index (κ1) is 28.0. The molecule has 3 aliphatic rings. The molecule has 0 radical (unpaired) electrons. The second-order valence-corrected chi connectivity index (χ2v) is 11.4. The molecule has 4 heterocycles. The molecule has 1 aliphatic carbocycles. The van der Waals surface area contributed by atoms with E-state index in [0.29, 0.717) is 67.8 Å². The fraction of sp³-hybridized carbons (Fsp3) is 0.643. The van der Waals surface area contributed by atoms with Crippen LogP contribution in [0.5, 0.6) is 5.88 Å². The Morgan fingerprint density at radius 2 is 1.92 bits per heavy atom. The van der Waals surface area contributed by atoms with Gasteiger partial charge in [-0.25, -0.2) is 14.2 Å². The van der Waals surface area contributed by atoms with Gasteiger partial charge in [-0.15, -0.1) is 0 Å². The summed E-state index contributed by atoms with van der Waals surface area (Å²) in [4.78, 5) is 32.3. The van der Waals surface area contributed by atoms with Gasteiger partial charge >= 0.3 is 12.1 Å². The third-order valence-corrected chi connectivity index (χ3v) is 7.36. The van der Waals surface area contributed by atoms with E-state index in [1.54, 1.807) is 12.1 Å². The second kappa shape index (κ2) is 11.4. The van der Waals surface area contributed by atoms with Gasteiger partial charge < -0.3 is 24.3 Å². The van der Waals surface area contributed by atoms with E-state index < -0.39 is 23.1 Å². The average Bonchev–Trinajstić information content (AvgIpc) is 2.87. The maximum atomic E-state index is 15.0. The molecular formula is C28H38FN3O6. The van der Waals surface area contributed by atoms with E-state index in [1.807, 2.05) is 20.8 Å². The highest BCUT2D eigenvalue weighted by atomic mass is 19.1. The van der Waals surface area contributed by atoms with Gasteiger partial charge in [0.25, 0.3) is 0 Å². The molecule has 0 aromatic carbocycles. The molecule has 0 unspecified atom stereocenters. The normalized spacial score (nSPS) is 22.8. The number of alkyl carbamates (subject to hydrolysis) is 1. The molecule has 2 bridgehead atoms. The Kier molecular flexibility index (Phi) is 8.40. The zero-order chi connectivity index (χ0) is 27.4. The van der Waals surface area contributed by atoms with Crippen molar-refractivity contribution in [2.75, 3.05) is 20.3 Å². The van der Waals surface area contributed by atoms with Gasteiger partial charge in [-0.2, -0.15) is 0 Å². The van der Waals surface area contributed by atoms with E-state index in [4.69, 9.17) is 14.2 Å². The van der Waals surface area contributed by atoms with Crippen LogP contribution in [-0.2, 0) is 25.4 Å². The van der Waals surface area contributed by atoms with Crippen LogP contribution in [0.4, 0.5) is 9.18 Å². The molecule has 2 aliphatic heterocycles. The Morgan fingerprint density at radius 3 is 2.58 bits per heavy atom. The quantitative estimate of drug-likeness (QED) is 0.336. The van der Waals surface area contributed by atoms with Crippen LogP contribution in [0.15, 0.2) is 18.3 Å². The van der Waals surface area contributed by atoms with Crippen molar-refractivity contribution in [2.45, 2.75) is 95.3 Å². The first-order valence-corrected chi connectivity index (χ1v) is 13.3. The number of aromatic nitrogens is 2. The van der Waals surface area contributed by atoms with Crippen LogP contribution in [0.2, 0.25) is 0 Å². The Balaban J connectivity index is 1.36. The number of unbranched alkanes of at least 4 members (excludes halogenated alkanes) is 1. The first-order valence-electron chi connectivity index (χ1n) is 13.3. The highest BCUT2D eigenvalue weighted by molar-refractivity contribution is 5.78. The lowest BCUT2D eigenvalue weighted by Gasteiger charge is -2.53. The number of nitrogens with zero attached hydrogens (tertiary/aromatic N) is 2. The topological polar surface area (TPSA) is 109 Å². The number of fused-ring (bicyclic) bond motifs is 4. The van der Waals surface area contributed by atoms with E-state index in [9.17, 15) is 14.0 Å². The van der Waals surface area contributed by atoms with Gasteiger partial charge in [-0.05, 0) is 78.2 Å². The van der Waals surface area contributed by atoms with E-state index >= 15 is 0 Å². The summed E-state index contributed by atoms with van der Waals surface area (Å²) in [6.07, 6.45) is 6.71. The number of carbonyl (C=O) groups is 2. The lowest BCUT2D eigenvalue weighted by molar-refractivity contribution is -0.163. The molecule has 2 aromatic heterocycles. The Hall–Kier alpha value is -3.01. The number of halogens is 1. The molecule has 10 heteroatoms. The standard InChI is InChI=1S/C28H38FN3O6/c1-26(2,3)38-25(34)32-27-12-14-28(15-13-27,37-18-27)11-10-19-20(29)17-30-21-8-9-22(31-24(19)21)36-16-6-5-7-23(33)35-4/h8-9,17H,5-7,10-16,18H2,1-4H3,(H,32,34). The van der Waals surface area contributed by atoms with Gasteiger partial charge in [-0.1, -0.05) is 0 Å². The largest absolute Gasteiger partial charge is 0.478 e. The van der Waals surface area contributed by atoms with Gasteiger partial charge in [0.15, 0.2) is 0 Å². The highest BCUT2D eigenvalue weighted by Crippen LogP contribution is 2.46. The molecule has 2 aromatic rings. The van der Waals surface area contributed by atoms with E-state index in [-0.39, 0.29) is 11.6 Å². The van der Waals surface area contributed by atoms with Crippen molar-refractivity contribution in [1.82, 2.24) is 15.3 Å². The lowest BCUT2D eigenvalue weighted by atomic mass is 9.69. The van der Waals surface area contributed by atoms with Gasteiger partial charge in [0.2, 0.25) is 5.88 Å². The number of hydrogen-bond acceptors (Lipinski definition) is 8. The minimum atomic E-state index is -0.560. The summed E-state index contributed by atoms with van der Waals surface area (Å²) >= 11 is 0. The summed E-state index contributed by atoms with van der Waals surface area (Å²) in [6.45, 7) is 6.33. The summed E-state index contributed by atoms with van der Waals surface area (Å²) in [5.74, 6) is -0.249. The molecule has 5 rings (SSSR count). The third kappa shape index (κ3) is 6.89. The number of amides is 1. The molecule has 2 saturated heterocycles. The summed E-state index contributed by atoms with van der Waals surface area (Å²) in [5, 5.41) is 3.04. The van der Waals surface area contributed by atoms with Crippen molar-refractivity contribution in [2.24, 2.45) is 0 Å². The van der Waals surface area contributed by atoms with Gasteiger partial charge in [-0.3, -0.25) is 9.78 Å². The second-order valence-electron chi connectivity index (χ2n) is 11.4.